The second-order valence-electron chi connectivity index (χ2n) is 5.90. The first-order valence-corrected chi connectivity index (χ1v) is 8.27. The molecule has 0 bridgehead atoms. The molecule has 5 nitrogen and oxygen atoms in total. The van der Waals surface area contributed by atoms with Crippen LogP contribution in [0.3, 0.4) is 0 Å². The number of nitrogens with zero attached hydrogens (tertiary/aromatic N) is 1. The van der Waals surface area contributed by atoms with Gasteiger partial charge in [-0.2, -0.15) is 0 Å². The second kappa shape index (κ2) is 7.93. The fraction of sp³-hybridized carbons (Fsp3) is 0.368. The second-order valence-corrected chi connectivity index (χ2v) is 5.90. The molecule has 1 saturated heterocycles. The van der Waals surface area contributed by atoms with E-state index >= 15 is 0 Å². The number of phenolic OH excluding ortho intramolecular Hbond substituents is 2. The van der Waals surface area contributed by atoms with Crippen molar-refractivity contribution in [3.05, 3.63) is 42.5 Å². The number of hydrogen-bond donors (Lipinski definition) is 2. The van der Waals surface area contributed by atoms with Crippen molar-refractivity contribution in [2.75, 3.05) is 26.2 Å². The zero-order valence-electron chi connectivity index (χ0n) is 13.6. The Kier molecular flexibility index (Phi) is 5.43. The van der Waals surface area contributed by atoms with Gasteiger partial charge in [0.2, 0.25) is 0 Å². The fourth-order valence-corrected chi connectivity index (χ4v) is 2.74. The molecule has 127 valence electrons. The average Bonchev–Trinajstić information content (AvgIpc) is 2.60. The number of aromatic hydroxyl groups is 2. The quantitative estimate of drug-likeness (QED) is 0.849. The molecule has 5 heteroatoms. The highest BCUT2D eigenvalue weighted by Gasteiger charge is 2.10. The summed E-state index contributed by atoms with van der Waals surface area (Å²) in [5.74, 6) is 1.31. The molecule has 0 saturated carbocycles. The summed E-state index contributed by atoms with van der Waals surface area (Å²) in [6.45, 7) is 3.97. The minimum absolute atomic E-state index is 0.0581. The van der Waals surface area contributed by atoms with E-state index in [1.807, 2.05) is 12.1 Å². The van der Waals surface area contributed by atoms with Gasteiger partial charge < -0.3 is 19.7 Å². The smallest absolute Gasteiger partial charge is 0.177 e. The molecular weight excluding hydrogens is 306 g/mol. The summed E-state index contributed by atoms with van der Waals surface area (Å²) in [4.78, 5) is 2.43. The number of likely N-dealkylation sites (tertiary alicyclic amines) is 1. The first-order chi connectivity index (χ1) is 11.7. The van der Waals surface area contributed by atoms with Gasteiger partial charge in [-0.3, -0.25) is 4.90 Å². The van der Waals surface area contributed by atoms with Crippen LogP contribution in [0.4, 0.5) is 0 Å². The van der Waals surface area contributed by atoms with E-state index in [4.69, 9.17) is 9.47 Å². The molecule has 3 rings (SSSR count). The van der Waals surface area contributed by atoms with Gasteiger partial charge in [0.1, 0.15) is 23.9 Å². The Morgan fingerprint density at radius 1 is 1.00 bits per heavy atom. The van der Waals surface area contributed by atoms with Crippen LogP contribution in [0.1, 0.15) is 19.3 Å². The molecule has 24 heavy (non-hydrogen) atoms. The Labute approximate surface area is 142 Å². The van der Waals surface area contributed by atoms with Crippen LogP contribution in [0, 0.1) is 6.07 Å². The minimum Gasteiger partial charge on any atom is -0.508 e. The lowest BCUT2D eigenvalue weighted by molar-refractivity contribution is 0.183. The summed E-state index contributed by atoms with van der Waals surface area (Å²) in [6, 6.07) is 12.5. The zero-order chi connectivity index (χ0) is 16.8. The van der Waals surface area contributed by atoms with Crippen molar-refractivity contribution in [1.29, 1.82) is 0 Å². The third-order valence-corrected chi connectivity index (χ3v) is 4.04. The first-order valence-electron chi connectivity index (χ1n) is 8.27. The molecule has 2 N–H and O–H groups in total. The van der Waals surface area contributed by atoms with Gasteiger partial charge in [-0.15, -0.1) is 0 Å². The van der Waals surface area contributed by atoms with Crippen molar-refractivity contribution < 1.29 is 19.7 Å². The molecule has 0 atom stereocenters. The molecule has 2 aromatic rings. The number of hydrogen-bond acceptors (Lipinski definition) is 5. The van der Waals surface area contributed by atoms with Crippen LogP contribution in [0.2, 0.25) is 0 Å². The SMILES string of the molecule is Oc1c[c]c(Oc2ccc(OCCN3CCCCC3)cc2)c(O)c1. The highest BCUT2D eigenvalue weighted by molar-refractivity contribution is 5.45. The van der Waals surface area contributed by atoms with Crippen LogP contribution in [-0.2, 0) is 0 Å². The molecule has 1 fully saturated rings. The Morgan fingerprint density at radius 3 is 2.42 bits per heavy atom. The topological polar surface area (TPSA) is 62.2 Å². The lowest BCUT2D eigenvalue weighted by Gasteiger charge is -2.26. The standard InChI is InChI=1S/C19H22NO4/c21-15-4-9-19(18(22)14-15)24-17-7-5-16(6-8-17)23-13-12-20-10-2-1-3-11-20/h4-8,14,21-22H,1-3,10-13H2. The third kappa shape index (κ3) is 4.55. The molecule has 0 aliphatic carbocycles. The maximum atomic E-state index is 9.70. The predicted molar refractivity (Wildman–Crippen MR) is 90.9 cm³/mol. The van der Waals surface area contributed by atoms with E-state index < -0.39 is 0 Å². The lowest BCUT2D eigenvalue weighted by Crippen LogP contribution is -2.33. The van der Waals surface area contributed by atoms with E-state index in [0.717, 1.165) is 12.3 Å². The van der Waals surface area contributed by atoms with E-state index in [-0.39, 0.29) is 17.2 Å². The van der Waals surface area contributed by atoms with Gasteiger partial charge in [0, 0.05) is 18.7 Å². The number of piperidine rings is 1. The Bertz CT molecular complexity index is 651. The molecule has 0 spiro atoms. The van der Waals surface area contributed by atoms with Crippen molar-refractivity contribution >= 4 is 0 Å². The molecule has 1 heterocycles. The van der Waals surface area contributed by atoms with E-state index in [1.165, 1.54) is 44.5 Å². The van der Waals surface area contributed by atoms with Crippen LogP contribution >= 0.6 is 0 Å². The van der Waals surface area contributed by atoms with Crippen molar-refractivity contribution in [3.63, 3.8) is 0 Å². The fourth-order valence-electron chi connectivity index (χ4n) is 2.74. The Morgan fingerprint density at radius 2 is 1.71 bits per heavy atom. The summed E-state index contributed by atoms with van der Waals surface area (Å²) in [6.07, 6.45) is 3.91. The molecule has 2 aromatic carbocycles. The molecule has 1 aliphatic rings. The first kappa shape index (κ1) is 16.5. The number of phenols is 2. The summed E-state index contributed by atoms with van der Waals surface area (Å²) in [7, 11) is 0. The minimum atomic E-state index is -0.156. The monoisotopic (exact) mass is 328 g/mol. The van der Waals surface area contributed by atoms with Gasteiger partial charge in [0.15, 0.2) is 11.5 Å². The Hall–Kier alpha value is -2.40. The van der Waals surface area contributed by atoms with E-state index in [1.54, 1.807) is 12.1 Å². The van der Waals surface area contributed by atoms with E-state index in [2.05, 4.69) is 11.0 Å². The summed E-state index contributed by atoms with van der Waals surface area (Å²) < 4.78 is 11.3. The van der Waals surface area contributed by atoms with Crippen LogP contribution in [-0.4, -0.2) is 41.4 Å². The van der Waals surface area contributed by atoms with E-state index in [0.29, 0.717) is 12.4 Å². The van der Waals surface area contributed by atoms with Crippen molar-refractivity contribution in [2.24, 2.45) is 0 Å². The van der Waals surface area contributed by atoms with Crippen molar-refractivity contribution in [1.82, 2.24) is 4.90 Å². The number of ether oxygens (including phenoxy) is 2. The van der Waals surface area contributed by atoms with Gasteiger partial charge in [-0.25, -0.2) is 0 Å². The van der Waals surface area contributed by atoms with Crippen LogP contribution in [0.15, 0.2) is 36.4 Å². The molecule has 1 radical (unpaired) electrons. The summed E-state index contributed by atoms with van der Waals surface area (Å²) in [5.41, 5.74) is 0. The number of benzene rings is 2. The van der Waals surface area contributed by atoms with Gasteiger partial charge in [-0.05, 0) is 56.3 Å². The zero-order valence-corrected chi connectivity index (χ0v) is 13.6. The van der Waals surface area contributed by atoms with E-state index in [9.17, 15) is 10.2 Å². The van der Waals surface area contributed by atoms with Crippen LogP contribution < -0.4 is 9.47 Å². The highest BCUT2D eigenvalue weighted by Crippen LogP contribution is 2.33. The van der Waals surface area contributed by atoms with Crippen LogP contribution in [0.5, 0.6) is 28.7 Å². The maximum Gasteiger partial charge on any atom is 0.177 e. The normalized spacial score (nSPS) is 15.2. The third-order valence-electron chi connectivity index (χ3n) is 4.04. The molecule has 0 aromatic heterocycles. The molecule has 0 amide bonds. The largest absolute Gasteiger partial charge is 0.508 e. The van der Waals surface area contributed by atoms with Crippen molar-refractivity contribution in [2.45, 2.75) is 19.3 Å². The van der Waals surface area contributed by atoms with Crippen LogP contribution in [0.25, 0.3) is 0 Å². The van der Waals surface area contributed by atoms with Gasteiger partial charge >= 0.3 is 0 Å². The maximum absolute atomic E-state index is 9.70. The number of rotatable bonds is 6. The average molecular weight is 328 g/mol. The predicted octanol–water partition coefficient (Wildman–Crippen LogP) is 3.55. The molecule has 1 aliphatic heterocycles. The lowest BCUT2D eigenvalue weighted by atomic mass is 10.1. The molecular formula is C19H22NO4. The Balaban J connectivity index is 1.49. The van der Waals surface area contributed by atoms with Gasteiger partial charge in [0.25, 0.3) is 0 Å². The summed E-state index contributed by atoms with van der Waals surface area (Å²) in [5, 5.41) is 19.0. The molecule has 0 unspecified atom stereocenters. The summed E-state index contributed by atoms with van der Waals surface area (Å²) >= 11 is 0. The van der Waals surface area contributed by atoms with Crippen molar-refractivity contribution in [3.8, 4) is 28.7 Å². The van der Waals surface area contributed by atoms with Gasteiger partial charge in [0.05, 0.1) is 0 Å². The van der Waals surface area contributed by atoms with Gasteiger partial charge in [-0.1, -0.05) is 6.42 Å². The highest BCUT2D eigenvalue weighted by atomic mass is 16.5.